The third-order valence-electron chi connectivity index (χ3n) is 5.57. The molecule has 28 heavy (non-hydrogen) atoms. The lowest BCUT2D eigenvalue weighted by atomic mass is 9.99. The third-order valence-corrected chi connectivity index (χ3v) is 5.57. The summed E-state index contributed by atoms with van der Waals surface area (Å²) in [5.74, 6) is 0. The molecule has 4 heteroatoms. The number of benzene rings is 2. The molecule has 1 fully saturated rings. The second kappa shape index (κ2) is 9.07. The number of hydrogen-bond donors (Lipinski definition) is 0. The van der Waals surface area contributed by atoms with E-state index in [1.165, 1.54) is 11.1 Å². The van der Waals surface area contributed by atoms with Crippen molar-refractivity contribution in [1.29, 1.82) is 0 Å². The van der Waals surface area contributed by atoms with E-state index in [0.717, 1.165) is 37.9 Å². The predicted octanol–water partition coefficient (Wildman–Crippen LogP) is 5.09. The molecule has 0 aliphatic carbocycles. The molecule has 0 aromatic heterocycles. The normalized spacial score (nSPS) is 20.7. The number of amides is 1. The lowest BCUT2D eigenvalue weighted by Gasteiger charge is -2.33. The van der Waals surface area contributed by atoms with Gasteiger partial charge in [-0.15, -0.1) is 0 Å². The fourth-order valence-electron chi connectivity index (χ4n) is 4.15. The van der Waals surface area contributed by atoms with Crippen LogP contribution in [0.2, 0.25) is 0 Å². The van der Waals surface area contributed by atoms with Gasteiger partial charge in [0.05, 0.1) is 19.3 Å². The van der Waals surface area contributed by atoms with E-state index in [1.807, 2.05) is 53.4 Å². The van der Waals surface area contributed by atoms with E-state index in [4.69, 9.17) is 9.47 Å². The second-order valence-corrected chi connectivity index (χ2v) is 7.56. The predicted molar refractivity (Wildman–Crippen MR) is 109 cm³/mol. The number of carbonyl (C=O) groups excluding carboxylic acids is 1. The number of rotatable bonds is 7. The fourth-order valence-corrected chi connectivity index (χ4v) is 4.15. The molecule has 0 saturated carbocycles. The maximum absolute atomic E-state index is 12.6. The van der Waals surface area contributed by atoms with Gasteiger partial charge in [0.15, 0.2) is 0 Å². The molecule has 2 bridgehead atoms. The van der Waals surface area contributed by atoms with Gasteiger partial charge in [0.25, 0.3) is 0 Å². The van der Waals surface area contributed by atoms with Crippen LogP contribution in [-0.4, -0.2) is 29.7 Å². The Labute approximate surface area is 166 Å². The minimum absolute atomic E-state index is 0.172. The summed E-state index contributed by atoms with van der Waals surface area (Å²) in [5.41, 5.74) is 3.63. The van der Waals surface area contributed by atoms with Crippen LogP contribution < -0.4 is 0 Å². The van der Waals surface area contributed by atoms with Crippen LogP contribution in [0.3, 0.4) is 0 Å². The van der Waals surface area contributed by atoms with E-state index in [0.29, 0.717) is 13.2 Å². The molecule has 2 aromatic rings. The van der Waals surface area contributed by atoms with Crippen molar-refractivity contribution in [2.75, 3.05) is 6.61 Å². The molecule has 2 atom stereocenters. The Morgan fingerprint density at radius 3 is 2.29 bits per heavy atom. The van der Waals surface area contributed by atoms with Gasteiger partial charge < -0.3 is 9.47 Å². The Kier molecular flexibility index (Phi) is 6.07. The Morgan fingerprint density at radius 1 is 0.929 bits per heavy atom. The van der Waals surface area contributed by atoms with Crippen LogP contribution in [0.4, 0.5) is 4.79 Å². The number of nitrogens with zero attached hydrogens (tertiary/aromatic N) is 1. The summed E-state index contributed by atoms with van der Waals surface area (Å²) < 4.78 is 11.4. The summed E-state index contributed by atoms with van der Waals surface area (Å²) in [6.07, 6.45) is 6.03. The summed E-state index contributed by atoms with van der Waals surface area (Å²) in [5, 5.41) is 0. The average Bonchev–Trinajstić information content (AvgIpc) is 3.01. The third kappa shape index (κ3) is 4.63. The van der Waals surface area contributed by atoms with Gasteiger partial charge in [-0.25, -0.2) is 4.79 Å². The average molecular weight is 377 g/mol. The van der Waals surface area contributed by atoms with Crippen molar-refractivity contribution in [2.24, 2.45) is 0 Å². The van der Waals surface area contributed by atoms with E-state index in [9.17, 15) is 4.79 Å². The highest BCUT2D eigenvalue weighted by Crippen LogP contribution is 2.36. The molecule has 0 radical (unpaired) electrons. The molecule has 1 amide bonds. The molecule has 2 unspecified atom stereocenters. The van der Waals surface area contributed by atoms with Crippen molar-refractivity contribution in [3.63, 3.8) is 0 Å². The van der Waals surface area contributed by atoms with Gasteiger partial charge in [-0.05, 0) is 36.8 Å². The lowest BCUT2D eigenvalue weighted by Crippen LogP contribution is -2.43. The van der Waals surface area contributed by atoms with Crippen molar-refractivity contribution < 1.29 is 14.3 Å². The van der Waals surface area contributed by atoms with Crippen LogP contribution in [0.25, 0.3) is 0 Å². The molecular formula is C24H27NO3. The molecule has 0 spiro atoms. The summed E-state index contributed by atoms with van der Waals surface area (Å²) in [7, 11) is 0. The SMILES string of the molecule is O=C(OCc1ccccc1)N1C2C=C(CCOCc3ccccc3)CC1CC2. The quantitative estimate of drug-likeness (QED) is 0.498. The van der Waals surface area contributed by atoms with Gasteiger partial charge in [0.1, 0.15) is 6.61 Å². The fraction of sp³-hybridized carbons (Fsp3) is 0.375. The minimum Gasteiger partial charge on any atom is -0.445 e. The maximum atomic E-state index is 12.6. The van der Waals surface area contributed by atoms with E-state index < -0.39 is 0 Å². The first-order chi connectivity index (χ1) is 13.8. The van der Waals surface area contributed by atoms with Gasteiger partial charge in [-0.1, -0.05) is 72.3 Å². The number of carbonyl (C=O) groups is 1. The van der Waals surface area contributed by atoms with Crippen molar-refractivity contribution in [3.8, 4) is 0 Å². The van der Waals surface area contributed by atoms with E-state index >= 15 is 0 Å². The summed E-state index contributed by atoms with van der Waals surface area (Å²) in [4.78, 5) is 14.5. The standard InChI is InChI=1S/C24H27NO3/c26-24(28-18-20-9-5-2-6-10-20)25-22-11-12-23(25)16-21(15-22)13-14-27-17-19-7-3-1-4-8-19/h1-10,15,22-23H,11-14,16-18H2. The number of fused-ring (bicyclic) bond motifs is 2. The summed E-state index contributed by atoms with van der Waals surface area (Å²) in [6.45, 7) is 1.71. The minimum atomic E-state index is -0.188. The largest absolute Gasteiger partial charge is 0.445 e. The first-order valence-corrected chi connectivity index (χ1v) is 10.1. The first-order valence-electron chi connectivity index (χ1n) is 10.1. The Morgan fingerprint density at radius 2 is 1.61 bits per heavy atom. The zero-order valence-electron chi connectivity index (χ0n) is 16.1. The molecular weight excluding hydrogens is 350 g/mol. The molecule has 146 valence electrons. The monoisotopic (exact) mass is 377 g/mol. The van der Waals surface area contributed by atoms with Gasteiger partial charge in [-0.2, -0.15) is 0 Å². The number of ether oxygens (including phenoxy) is 2. The summed E-state index contributed by atoms with van der Waals surface area (Å²) in [6, 6.07) is 20.5. The van der Waals surface area contributed by atoms with Gasteiger partial charge in [0.2, 0.25) is 0 Å². The Bertz CT molecular complexity index is 803. The first kappa shape index (κ1) is 18.8. The van der Waals surface area contributed by atoms with E-state index in [-0.39, 0.29) is 18.2 Å². The van der Waals surface area contributed by atoms with Crippen molar-refractivity contribution in [1.82, 2.24) is 4.90 Å². The number of hydrogen-bond acceptors (Lipinski definition) is 3. The van der Waals surface area contributed by atoms with Crippen LogP contribution in [0, 0.1) is 0 Å². The van der Waals surface area contributed by atoms with E-state index in [1.54, 1.807) is 0 Å². The molecule has 4 nitrogen and oxygen atoms in total. The van der Waals surface area contributed by atoms with Crippen LogP contribution in [0.5, 0.6) is 0 Å². The summed E-state index contributed by atoms with van der Waals surface area (Å²) >= 11 is 0. The van der Waals surface area contributed by atoms with Gasteiger partial charge in [-0.3, -0.25) is 4.90 Å². The molecule has 0 N–H and O–H groups in total. The smallest absolute Gasteiger partial charge is 0.410 e. The van der Waals surface area contributed by atoms with E-state index in [2.05, 4.69) is 18.2 Å². The van der Waals surface area contributed by atoms with Gasteiger partial charge in [0, 0.05) is 6.04 Å². The second-order valence-electron chi connectivity index (χ2n) is 7.56. The van der Waals surface area contributed by atoms with Crippen molar-refractivity contribution >= 4 is 6.09 Å². The highest BCUT2D eigenvalue weighted by atomic mass is 16.6. The molecule has 4 rings (SSSR count). The van der Waals surface area contributed by atoms with Crippen molar-refractivity contribution in [3.05, 3.63) is 83.4 Å². The lowest BCUT2D eigenvalue weighted by molar-refractivity contribution is 0.0803. The van der Waals surface area contributed by atoms with Crippen LogP contribution in [-0.2, 0) is 22.7 Å². The topological polar surface area (TPSA) is 38.8 Å². The van der Waals surface area contributed by atoms with Crippen molar-refractivity contribution in [2.45, 2.75) is 51.0 Å². The maximum Gasteiger partial charge on any atom is 0.410 e. The molecule has 2 aliphatic rings. The highest BCUT2D eigenvalue weighted by molar-refractivity contribution is 5.70. The van der Waals surface area contributed by atoms with Crippen LogP contribution in [0.1, 0.15) is 36.8 Å². The Hall–Kier alpha value is -2.59. The zero-order chi connectivity index (χ0) is 19.2. The molecule has 1 saturated heterocycles. The van der Waals surface area contributed by atoms with Gasteiger partial charge >= 0.3 is 6.09 Å². The molecule has 2 heterocycles. The van der Waals surface area contributed by atoms with Crippen LogP contribution in [0.15, 0.2) is 72.3 Å². The highest BCUT2D eigenvalue weighted by Gasteiger charge is 2.40. The molecule has 2 aromatic carbocycles. The molecule has 2 aliphatic heterocycles. The Balaban J connectivity index is 1.25. The van der Waals surface area contributed by atoms with Crippen LogP contribution >= 0.6 is 0 Å². The zero-order valence-corrected chi connectivity index (χ0v) is 16.1.